The predicted octanol–water partition coefficient (Wildman–Crippen LogP) is 2.95. The van der Waals surface area contributed by atoms with Crippen LogP contribution in [-0.4, -0.2) is 19.7 Å². The van der Waals surface area contributed by atoms with Crippen LogP contribution in [0.1, 0.15) is 20.3 Å². The Hall–Kier alpha value is -1.09. The molecular weight excluding hydrogens is 193 g/mol. The third-order valence-electron chi connectivity index (χ3n) is 1.70. The molecule has 0 radical (unpaired) electrons. The van der Waals surface area contributed by atoms with Gasteiger partial charge in [-0.2, -0.15) is 0 Å². The Morgan fingerprint density at radius 3 is 2.73 bits per heavy atom. The van der Waals surface area contributed by atoms with Crippen LogP contribution in [0.2, 0.25) is 0 Å². The summed E-state index contributed by atoms with van der Waals surface area (Å²) in [7, 11) is 0. The van der Waals surface area contributed by atoms with Crippen LogP contribution in [0, 0.1) is 0 Å². The van der Waals surface area contributed by atoms with Crippen molar-refractivity contribution in [2.45, 2.75) is 20.3 Å². The lowest BCUT2D eigenvalue weighted by Gasteiger charge is -2.08. The Kier molecular flexibility index (Phi) is 8.78. The normalized spacial score (nSPS) is 12.7. The zero-order valence-corrected chi connectivity index (χ0v) is 9.55. The summed E-state index contributed by atoms with van der Waals surface area (Å²) in [6.07, 6.45) is 5.65. The summed E-state index contributed by atoms with van der Waals surface area (Å²) in [5.74, 6) is 0.585. The molecule has 0 bridgehead atoms. The van der Waals surface area contributed by atoms with Crippen molar-refractivity contribution in [3.05, 3.63) is 36.4 Å². The molecule has 0 aliphatic rings. The van der Waals surface area contributed by atoms with Gasteiger partial charge in [0.1, 0.15) is 6.61 Å². The third kappa shape index (κ3) is 9.22. The summed E-state index contributed by atoms with van der Waals surface area (Å²) in [5.41, 5.74) is 0. The zero-order chi connectivity index (χ0) is 11.5. The van der Waals surface area contributed by atoms with Gasteiger partial charge in [0.05, 0.1) is 11.6 Å². The maximum Gasteiger partial charge on any atom is 0.100 e. The summed E-state index contributed by atoms with van der Waals surface area (Å²) >= 11 is 0. The van der Waals surface area contributed by atoms with Gasteiger partial charge in [-0.25, -0.2) is 4.39 Å². The van der Waals surface area contributed by atoms with E-state index in [0.29, 0.717) is 6.61 Å². The fraction of sp³-hybridized carbons (Fsp3) is 0.500. The van der Waals surface area contributed by atoms with Crippen molar-refractivity contribution >= 4 is 0 Å². The average Bonchev–Trinajstić information content (AvgIpc) is 2.22. The average molecular weight is 213 g/mol. The molecule has 3 heteroatoms. The van der Waals surface area contributed by atoms with Gasteiger partial charge in [-0.1, -0.05) is 13.0 Å². The zero-order valence-electron chi connectivity index (χ0n) is 9.55. The molecule has 0 heterocycles. The number of allylic oxidation sites excluding steroid dienone is 4. The van der Waals surface area contributed by atoms with Gasteiger partial charge < -0.3 is 10.1 Å². The Morgan fingerprint density at radius 1 is 1.47 bits per heavy atom. The molecule has 0 aromatic carbocycles. The SMILES string of the molecule is C=CCNCCO/C(=C/C=C(\C)F)CC. The molecule has 0 atom stereocenters. The molecule has 0 aromatic heterocycles. The second-order valence-corrected chi connectivity index (χ2v) is 3.08. The smallest absolute Gasteiger partial charge is 0.100 e. The molecular formula is C12H20FNO. The number of halogens is 1. The van der Waals surface area contributed by atoms with Gasteiger partial charge in [-0.05, 0) is 19.1 Å². The lowest BCUT2D eigenvalue weighted by molar-refractivity contribution is 0.206. The minimum atomic E-state index is -0.214. The number of hydrogen-bond donors (Lipinski definition) is 1. The second-order valence-electron chi connectivity index (χ2n) is 3.08. The highest BCUT2D eigenvalue weighted by Gasteiger charge is 1.93. The van der Waals surface area contributed by atoms with E-state index in [0.717, 1.165) is 25.3 Å². The lowest BCUT2D eigenvalue weighted by Crippen LogP contribution is -2.19. The van der Waals surface area contributed by atoms with E-state index in [-0.39, 0.29) is 5.83 Å². The molecule has 0 spiro atoms. The van der Waals surface area contributed by atoms with E-state index in [4.69, 9.17) is 4.74 Å². The fourth-order valence-electron chi connectivity index (χ4n) is 0.934. The molecule has 0 aliphatic carbocycles. The van der Waals surface area contributed by atoms with Crippen LogP contribution in [0.15, 0.2) is 36.4 Å². The number of ether oxygens (including phenoxy) is 1. The summed E-state index contributed by atoms with van der Waals surface area (Å²) in [6.45, 7) is 9.11. The molecule has 0 unspecified atom stereocenters. The van der Waals surface area contributed by atoms with Gasteiger partial charge in [0.15, 0.2) is 0 Å². The van der Waals surface area contributed by atoms with Crippen molar-refractivity contribution in [3.8, 4) is 0 Å². The van der Waals surface area contributed by atoms with E-state index in [1.807, 2.05) is 6.92 Å². The van der Waals surface area contributed by atoms with Gasteiger partial charge in [-0.3, -0.25) is 0 Å². The highest BCUT2D eigenvalue weighted by Crippen LogP contribution is 2.04. The van der Waals surface area contributed by atoms with Gasteiger partial charge in [0.2, 0.25) is 0 Å². The molecule has 15 heavy (non-hydrogen) atoms. The molecule has 0 amide bonds. The van der Waals surface area contributed by atoms with Crippen molar-refractivity contribution < 1.29 is 9.13 Å². The van der Waals surface area contributed by atoms with Crippen LogP contribution < -0.4 is 5.32 Å². The second kappa shape index (κ2) is 9.46. The van der Waals surface area contributed by atoms with Crippen molar-refractivity contribution in [2.24, 2.45) is 0 Å². The molecule has 0 saturated heterocycles. The van der Waals surface area contributed by atoms with E-state index >= 15 is 0 Å². The highest BCUT2D eigenvalue weighted by atomic mass is 19.1. The minimum Gasteiger partial charge on any atom is -0.497 e. The highest BCUT2D eigenvalue weighted by molar-refractivity contribution is 5.09. The minimum absolute atomic E-state index is 0.214. The first kappa shape index (κ1) is 13.9. The van der Waals surface area contributed by atoms with Crippen LogP contribution in [-0.2, 0) is 4.74 Å². The Labute approximate surface area is 91.5 Å². The Bertz CT molecular complexity index is 230. The molecule has 2 nitrogen and oxygen atoms in total. The van der Waals surface area contributed by atoms with Crippen molar-refractivity contribution in [1.29, 1.82) is 0 Å². The van der Waals surface area contributed by atoms with Crippen molar-refractivity contribution in [2.75, 3.05) is 19.7 Å². The molecule has 0 aliphatic heterocycles. The molecule has 0 aromatic rings. The third-order valence-corrected chi connectivity index (χ3v) is 1.70. The molecule has 0 fully saturated rings. The first-order valence-corrected chi connectivity index (χ1v) is 5.18. The summed E-state index contributed by atoms with van der Waals surface area (Å²) < 4.78 is 17.9. The van der Waals surface area contributed by atoms with Crippen molar-refractivity contribution in [1.82, 2.24) is 5.32 Å². The number of nitrogens with one attached hydrogen (secondary N) is 1. The van der Waals surface area contributed by atoms with Crippen molar-refractivity contribution in [3.63, 3.8) is 0 Å². The summed E-state index contributed by atoms with van der Waals surface area (Å²) in [5, 5.41) is 3.12. The standard InChI is InChI=1S/C12H20FNO/c1-4-8-14-9-10-15-12(5-2)7-6-11(3)13/h4,6-7,14H,1,5,8-10H2,2-3H3/b11-6+,12-7+. The first-order valence-electron chi connectivity index (χ1n) is 5.18. The largest absolute Gasteiger partial charge is 0.497 e. The topological polar surface area (TPSA) is 21.3 Å². The monoisotopic (exact) mass is 213 g/mol. The molecule has 0 saturated carbocycles. The number of rotatable bonds is 8. The lowest BCUT2D eigenvalue weighted by atomic mass is 10.3. The fourth-order valence-corrected chi connectivity index (χ4v) is 0.934. The van der Waals surface area contributed by atoms with Crippen LogP contribution in [0.4, 0.5) is 4.39 Å². The van der Waals surface area contributed by atoms with Gasteiger partial charge in [-0.15, -0.1) is 6.58 Å². The molecule has 86 valence electrons. The van der Waals surface area contributed by atoms with Crippen LogP contribution in [0.25, 0.3) is 0 Å². The van der Waals surface area contributed by atoms with E-state index in [1.54, 1.807) is 12.2 Å². The Morgan fingerprint density at radius 2 is 2.20 bits per heavy atom. The van der Waals surface area contributed by atoms with Crippen LogP contribution in [0.3, 0.4) is 0 Å². The van der Waals surface area contributed by atoms with E-state index in [9.17, 15) is 4.39 Å². The maximum atomic E-state index is 12.4. The van der Waals surface area contributed by atoms with Gasteiger partial charge >= 0.3 is 0 Å². The van der Waals surface area contributed by atoms with Gasteiger partial charge in [0.25, 0.3) is 0 Å². The predicted molar refractivity (Wildman–Crippen MR) is 62.3 cm³/mol. The van der Waals surface area contributed by atoms with E-state index in [1.165, 1.54) is 13.0 Å². The molecule has 1 N–H and O–H groups in total. The van der Waals surface area contributed by atoms with Crippen LogP contribution >= 0.6 is 0 Å². The maximum absolute atomic E-state index is 12.4. The number of hydrogen-bond acceptors (Lipinski definition) is 2. The van der Waals surface area contributed by atoms with Crippen LogP contribution in [0.5, 0.6) is 0 Å². The molecule has 0 rings (SSSR count). The summed E-state index contributed by atoms with van der Waals surface area (Å²) in [6, 6.07) is 0. The summed E-state index contributed by atoms with van der Waals surface area (Å²) in [4.78, 5) is 0. The van der Waals surface area contributed by atoms with E-state index in [2.05, 4.69) is 11.9 Å². The quantitative estimate of drug-likeness (QED) is 0.290. The van der Waals surface area contributed by atoms with Gasteiger partial charge in [0, 0.05) is 19.5 Å². The first-order chi connectivity index (χ1) is 7.20. The van der Waals surface area contributed by atoms with E-state index < -0.39 is 0 Å². The Balaban J connectivity index is 3.75.